The summed E-state index contributed by atoms with van der Waals surface area (Å²) in [5.74, 6) is 1.22. The van der Waals surface area contributed by atoms with E-state index >= 15 is 0 Å². The molecule has 1 fully saturated rings. The summed E-state index contributed by atoms with van der Waals surface area (Å²) in [6.45, 7) is 2.60. The molecule has 0 unspecified atom stereocenters. The number of hydrogen-bond acceptors (Lipinski definition) is 4. The van der Waals surface area contributed by atoms with Gasteiger partial charge in [0.05, 0.1) is 7.11 Å². The number of amides is 2. The van der Waals surface area contributed by atoms with Crippen molar-refractivity contribution in [2.75, 3.05) is 33.3 Å². The minimum Gasteiger partial charge on any atom is -0.493 e. The summed E-state index contributed by atoms with van der Waals surface area (Å²) < 4.78 is 11.4. The molecular weight excluding hydrogens is 440 g/mol. The van der Waals surface area contributed by atoms with Gasteiger partial charge in [-0.2, -0.15) is 0 Å². The summed E-state index contributed by atoms with van der Waals surface area (Å²) in [5, 5.41) is 0. The van der Waals surface area contributed by atoms with Gasteiger partial charge in [0.2, 0.25) is 5.91 Å². The Hall–Kier alpha value is -3.80. The Morgan fingerprint density at radius 2 is 1.40 bits per heavy atom. The third-order valence-electron chi connectivity index (χ3n) is 6.27. The van der Waals surface area contributed by atoms with Gasteiger partial charge < -0.3 is 19.3 Å². The fourth-order valence-corrected chi connectivity index (χ4v) is 4.24. The molecule has 0 radical (unpaired) electrons. The van der Waals surface area contributed by atoms with Gasteiger partial charge in [0.25, 0.3) is 5.91 Å². The molecule has 3 aromatic rings. The van der Waals surface area contributed by atoms with E-state index in [2.05, 4.69) is 12.1 Å². The Bertz CT molecular complexity index is 1110. The summed E-state index contributed by atoms with van der Waals surface area (Å²) in [7, 11) is 1.57. The fourth-order valence-electron chi connectivity index (χ4n) is 4.24. The van der Waals surface area contributed by atoms with Gasteiger partial charge in [0, 0.05) is 38.2 Å². The van der Waals surface area contributed by atoms with E-state index in [0.29, 0.717) is 56.3 Å². The molecular formula is C29H32N2O4. The van der Waals surface area contributed by atoms with E-state index in [0.717, 1.165) is 18.4 Å². The standard InChI is InChI=1S/C29H32N2O4/c1-34-27-21-25(15-16-26(27)35-22-24-11-6-3-7-12-24)29(33)31-19-17-30(18-20-31)28(32)14-8-13-23-9-4-2-5-10-23/h2-7,9-12,15-16,21H,8,13-14,17-20,22H2,1H3. The van der Waals surface area contributed by atoms with E-state index in [-0.39, 0.29) is 11.8 Å². The molecule has 1 aliphatic rings. The molecule has 1 heterocycles. The predicted octanol–water partition coefficient (Wildman–Crippen LogP) is 4.58. The van der Waals surface area contributed by atoms with Gasteiger partial charge in [-0.3, -0.25) is 9.59 Å². The normalized spacial score (nSPS) is 13.4. The first-order valence-electron chi connectivity index (χ1n) is 12.1. The number of ether oxygens (including phenoxy) is 2. The van der Waals surface area contributed by atoms with E-state index in [9.17, 15) is 9.59 Å². The van der Waals surface area contributed by atoms with Crippen LogP contribution in [0, 0.1) is 0 Å². The van der Waals surface area contributed by atoms with Crippen LogP contribution in [0.2, 0.25) is 0 Å². The molecule has 1 saturated heterocycles. The Morgan fingerprint density at radius 3 is 2.06 bits per heavy atom. The Morgan fingerprint density at radius 1 is 0.771 bits per heavy atom. The van der Waals surface area contributed by atoms with Crippen LogP contribution in [0.25, 0.3) is 0 Å². The van der Waals surface area contributed by atoms with E-state index < -0.39 is 0 Å². The average molecular weight is 473 g/mol. The highest BCUT2D eigenvalue weighted by Crippen LogP contribution is 2.29. The lowest BCUT2D eigenvalue weighted by Gasteiger charge is -2.35. The van der Waals surface area contributed by atoms with Crippen molar-refractivity contribution in [3.05, 3.63) is 95.6 Å². The Balaban J connectivity index is 1.27. The van der Waals surface area contributed by atoms with Crippen molar-refractivity contribution in [2.45, 2.75) is 25.9 Å². The summed E-state index contributed by atoms with van der Waals surface area (Å²) >= 11 is 0. The van der Waals surface area contributed by atoms with Crippen molar-refractivity contribution >= 4 is 11.8 Å². The number of piperazine rings is 1. The molecule has 0 aromatic heterocycles. The third kappa shape index (κ3) is 6.63. The zero-order valence-corrected chi connectivity index (χ0v) is 20.2. The van der Waals surface area contributed by atoms with Crippen LogP contribution in [0.1, 0.15) is 34.3 Å². The number of hydrogen-bond donors (Lipinski definition) is 0. The molecule has 0 N–H and O–H groups in total. The molecule has 0 saturated carbocycles. The first-order chi connectivity index (χ1) is 17.1. The van der Waals surface area contributed by atoms with Crippen molar-refractivity contribution in [3.8, 4) is 11.5 Å². The highest BCUT2D eigenvalue weighted by atomic mass is 16.5. The van der Waals surface area contributed by atoms with E-state index in [1.54, 1.807) is 30.2 Å². The molecule has 6 heteroatoms. The highest BCUT2D eigenvalue weighted by Gasteiger charge is 2.25. The maximum absolute atomic E-state index is 13.1. The fraction of sp³-hybridized carbons (Fsp3) is 0.310. The van der Waals surface area contributed by atoms with Crippen LogP contribution in [-0.4, -0.2) is 54.9 Å². The zero-order valence-electron chi connectivity index (χ0n) is 20.2. The van der Waals surface area contributed by atoms with Crippen molar-refractivity contribution in [1.29, 1.82) is 0 Å². The van der Waals surface area contributed by atoms with Crippen LogP contribution in [0.3, 0.4) is 0 Å². The molecule has 6 nitrogen and oxygen atoms in total. The summed E-state index contributed by atoms with van der Waals surface area (Å²) in [6, 6.07) is 25.4. The van der Waals surface area contributed by atoms with Gasteiger partial charge in [0.15, 0.2) is 11.5 Å². The van der Waals surface area contributed by atoms with Crippen molar-refractivity contribution in [3.63, 3.8) is 0 Å². The van der Waals surface area contributed by atoms with E-state index in [4.69, 9.17) is 9.47 Å². The van der Waals surface area contributed by atoms with Gasteiger partial charge in [-0.25, -0.2) is 0 Å². The minimum atomic E-state index is -0.0610. The Kier molecular flexibility index (Phi) is 8.39. The van der Waals surface area contributed by atoms with Gasteiger partial charge >= 0.3 is 0 Å². The summed E-state index contributed by atoms with van der Waals surface area (Å²) in [4.78, 5) is 29.4. The zero-order chi connectivity index (χ0) is 24.5. The molecule has 0 bridgehead atoms. The molecule has 2 amide bonds. The lowest BCUT2D eigenvalue weighted by Crippen LogP contribution is -2.50. The molecule has 3 aromatic carbocycles. The van der Waals surface area contributed by atoms with Crippen molar-refractivity contribution < 1.29 is 19.1 Å². The molecule has 0 spiro atoms. The lowest BCUT2D eigenvalue weighted by molar-refractivity contribution is -0.132. The lowest BCUT2D eigenvalue weighted by atomic mass is 10.1. The number of nitrogens with zero attached hydrogens (tertiary/aromatic N) is 2. The van der Waals surface area contributed by atoms with Gasteiger partial charge in [-0.1, -0.05) is 60.7 Å². The van der Waals surface area contributed by atoms with Crippen LogP contribution < -0.4 is 9.47 Å². The first-order valence-corrected chi connectivity index (χ1v) is 12.1. The molecule has 35 heavy (non-hydrogen) atoms. The predicted molar refractivity (Wildman–Crippen MR) is 136 cm³/mol. The molecule has 4 rings (SSSR count). The van der Waals surface area contributed by atoms with Crippen LogP contribution in [0.5, 0.6) is 11.5 Å². The molecule has 1 aliphatic heterocycles. The monoisotopic (exact) mass is 472 g/mol. The van der Waals surface area contributed by atoms with Crippen LogP contribution in [-0.2, 0) is 17.8 Å². The van der Waals surface area contributed by atoms with Gasteiger partial charge in [0.1, 0.15) is 6.61 Å². The van der Waals surface area contributed by atoms with Crippen LogP contribution in [0.15, 0.2) is 78.9 Å². The topological polar surface area (TPSA) is 59.1 Å². The number of methoxy groups -OCH3 is 1. The number of benzene rings is 3. The van der Waals surface area contributed by atoms with Crippen molar-refractivity contribution in [2.24, 2.45) is 0 Å². The molecule has 0 aliphatic carbocycles. The smallest absolute Gasteiger partial charge is 0.254 e. The second-order valence-corrected chi connectivity index (χ2v) is 8.65. The average Bonchev–Trinajstić information content (AvgIpc) is 2.92. The molecule has 182 valence electrons. The maximum atomic E-state index is 13.1. The number of aryl methyl sites for hydroxylation is 1. The summed E-state index contributed by atoms with van der Waals surface area (Å²) in [6.07, 6.45) is 2.27. The third-order valence-corrected chi connectivity index (χ3v) is 6.27. The largest absolute Gasteiger partial charge is 0.493 e. The quantitative estimate of drug-likeness (QED) is 0.457. The second-order valence-electron chi connectivity index (χ2n) is 8.65. The number of rotatable bonds is 9. The second kappa shape index (κ2) is 12.1. The van der Waals surface area contributed by atoms with Crippen LogP contribution in [0.4, 0.5) is 0 Å². The first kappa shape index (κ1) is 24.3. The highest BCUT2D eigenvalue weighted by molar-refractivity contribution is 5.95. The maximum Gasteiger partial charge on any atom is 0.254 e. The van der Waals surface area contributed by atoms with E-state index in [1.807, 2.05) is 53.4 Å². The van der Waals surface area contributed by atoms with Crippen molar-refractivity contribution in [1.82, 2.24) is 9.80 Å². The van der Waals surface area contributed by atoms with E-state index in [1.165, 1.54) is 5.56 Å². The summed E-state index contributed by atoms with van der Waals surface area (Å²) in [5.41, 5.74) is 2.86. The van der Waals surface area contributed by atoms with Gasteiger partial charge in [-0.05, 0) is 42.2 Å². The molecule has 0 atom stereocenters. The van der Waals surface area contributed by atoms with Gasteiger partial charge in [-0.15, -0.1) is 0 Å². The number of carbonyl (C=O) groups is 2. The SMILES string of the molecule is COc1cc(C(=O)N2CCN(C(=O)CCCc3ccccc3)CC2)ccc1OCc1ccccc1. The Labute approximate surface area is 207 Å². The minimum absolute atomic E-state index is 0.0610. The number of carbonyl (C=O) groups excluding carboxylic acids is 2. The van der Waals surface area contributed by atoms with Crippen LogP contribution >= 0.6 is 0 Å².